The maximum atomic E-state index is 13.1. The van der Waals surface area contributed by atoms with E-state index in [2.05, 4.69) is 35.5 Å². The Hall–Kier alpha value is -2.18. The summed E-state index contributed by atoms with van der Waals surface area (Å²) in [6.07, 6.45) is 7.37. The van der Waals surface area contributed by atoms with E-state index in [1.807, 2.05) is 27.3 Å². The van der Waals surface area contributed by atoms with Gasteiger partial charge >= 0.3 is 0 Å². The summed E-state index contributed by atoms with van der Waals surface area (Å²) in [5, 5.41) is 13.3. The molecule has 0 bridgehead atoms. The average molecular weight is 371 g/mol. The number of nitrogens with zero attached hydrogens (tertiary/aromatic N) is 6. The molecule has 2 aromatic heterocycles. The topological polar surface area (TPSA) is 68.8 Å². The number of piperidine rings is 1. The van der Waals surface area contributed by atoms with Crippen LogP contribution in [-0.4, -0.2) is 48.7 Å². The minimum atomic E-state index is 0.107. The highest BCUT2D eigenvalue weighted by Crippen LogP contribution is 2.39. The second-order valence-corrected chi connectivity index (χ2v) is 8.36. The van der Waals surface area contributed by atoms with Gasteiger partial charge in [0, 0.05) is 31.7 Å². The van der Waals surface area contributed by atoms with Crippen LogP contribution in [0.2, 0.25) is 0 Å². The summed E-state index contributed by atoms with van der Waals surface area (Å²) in [6.45, 7) is 8.63. The molecular formula is C20H30N6O. The van der Waals surface area contributed by atoms with Crippen molar-refractivity contribution < 1.29 is 4.79 Å². The Morgan fingerprint density at radius 3 is 2.59 bits per heavy atom. The maximum absolute atomic E-state index is 13.1. The van der Waals surface area contributed by atoms with Crippen LogP contribution in [-0.2, 0) is 13.0 Å². The number of amides is 1. The van der Waals surface area contributed by atoms with Gasteiger partial charge < -0.3 is 4.90 Å². The molecule has 0 N–H and O–H groups in total. The number of carbonyl (C=O) groups excluding carboxylic acids is 1. The molecule has 1 amide bonds. The van der Waals surface area contributed by atoms with E-state index >= 15 is 0 Å². The summed E-state index contributed by atoms with van der Waals surface area (Å²) >= 11 is 0. The number of aromatic nitrogens is 5. The first-order valence-corrected chi connectivity index (χ1v) is 10.3. The van der Waals surface area contributed by atoms with Crippen LogP contribution < -0.4 is 0 Å². The third-order valence-electron chi connectivity index (χ3n) is 5.62. The van der Waals surface area contributed by atoms with Crippen molar-refractivity contribution in [1.29, 1.82) is 0 Å². The van der Waals surface area contributed by atoms with Gasteiger partial charge in [-0.15, -0.1) is 5.10 Å². The standard InChI is InChI=1S/C20H30N6O/c1-4-25-19(12-16(22-25)11-14(2)3)20(27)24-9-7-17(8-10-24)26-13-18(21-23-26)15-5-6-15/h12-15,17H,4-11H2,1-3H3. The highest BCUT2D eigenvalue weighted by Gasteiger charge is 2.30. The number of hydrogen-bond acceptors (Lipinski definition) is 4. The van der Waals surface area contributed by atoms with Gasteiger partial charge in [-0.3, -0.25) is 9.48 Å². The Morgan fingerprint density at radius 2 is 1.96 bits per heavy atom. The molecule has 1 aliphatic carbocycles. The molecule has 1 aliphatic heterocycles. The zero-order chi connectivity index (χ0) is 19.0. The van der Waals surface area contributed by atoms with E-state index in [9.17, 15) is 4.79 Å². The third kappa shape index (κ3) is 3.92. The van der Waals surface area contributed by atoms with Crippen LogP contribution in [0, 0.1) is 5.92 Å². The lowest BCUT2D eigenvalue weighted by atomic mass is 10.0. The van der Waals surface area contributed by atoms with Crippen LogP contribution in [0.1, 0.15) is 80.3 Å². The van der Waals surface area contributed by atoms with Gasteiger partial charge in [-0.2, -0.15) is 5.10 Å². The van der Waals surface area contributed by atoms with Gasteiger partial charge in [0.2, 0.25) is 0 Å². The van der Waals surface area contributed by atoms with E-state index in [1.54, 1.807) is 0 Å². The maximum Gasteiger partial charge on any atom is 0.272 e. The van der Waals surface area contributed by atoms with Gasteiger partial charge in [0.25, 0.3) is 5.91 Å². The lowest BCUT2D eigenvalue weighted by Gasteiger charge is -2.31. The van der Waals surface area contributed by atoms with Crippen LogP contribution in [0.15, 0.2) is 12.3 Å². The summed E-state index contributed by atoms with van der Waals surface area (Å²) in [4.78, 5) is 15.0. The Labute approximate surface area is 160 Å². The molecule has 1 saturated heterocycles. The third-order valence-corrected chi connectivity index (χ3v) is 5.62. The van der Waals surface area contributed by atoms with Crippen molar-refractivity contribution in [3.8, 4) is 0 Å². The number of carbonyl (C=O) groups is 1. The SMILES string of the molecule is CCn1nc(CC(C)C)cc1C(=O)N1CCC(n2cc(C3CC3)nn2)CC1. The molecule has 0 aromatic carbocycles. The second kappa shape index (κ2) is 7.44. The fourth-order valence-corrected chi connectivity index (χ4v) is 3.93. The van der Waals surface area contributed by atoms with Crippen molar-refractivity contribution in [3.63, 3.8) is 0 Å². The Morgan fingerprint density at radius 1 is 1.22 bits per heavy atom. The van der Waals surface area contributed by atoms with E-state index in [0.29, 0.717) is 17.9 Å². The lowest BCUT2D eigenvalue weighted by molar-refractivity contribution is 0.0676. The molecule has 0 radical (unpaired) electrons. The number of aryl methyl sites for hydroxylation is 1. The smallest absolute Gasteiger partial charge is 0.272 e. The van der Waals surface area contributed by atoms with E-state index in [4.69, 9.17) is 0 Å². The minimum absolute atomic E-state index is 0.107. The number of rotatable bonds is 6. The van der Waals surface area contributed by atoms with E-state index in [1.165, 1.54) is 12.8 Å². The zero-order valence-corrected chi connectivity index (χ0v) is 16.6. The molecule has 7 nitrogen and oxygen atoms in total. The molecule has 2 aliphatic rings. The van der Waals surface area contributed by atoms with Crippen molar-refractivity contribution in [3.05, 3.63) is 29.3 Å². The summed E-state index contributed by atoms with van der Waals surface area (Å²) in [5.41, 5.74) is 2.88. The lowest BCUT2D eigenvalue weighted by Crippen LogP contribution is -2.40. The van der Waals surface area contributed by atoms with Gasteiger partial charge in [0.1, 0.15) is 5.69 Å². The molecule has 2 aromatic rings. The van der Waals surface area contributed by atoms with Crippen molar-refractivity contribution in [2.24, 2.45) is 5.92 Å². The van der Waals surface area contributed by atoms with E-state index in [-0.39, 0.29) is 5.91 Å². The fourth-order valence-electron chi connectivity index (χ4n) is 3.93. The van der Waals surface area contributed by atoms with E-state index in [0.717, 1.165) is 56.0 Å². The molecule has 2 fully saturated rings. The second-order valence-electron chi connectivity index (χ2n) is 8.36. The predicted molar refractivity (Wildman–Crippen MR) is 103 cm³/mol. The molecule has 7 heteroatoms. The first-order valence-electron chi connectivity index (χ1n) is 10.3. The predicted octanol–water partition coefficient (Wildman–Crippen LogP) is 3.05. The molecule has 1 saturated carbocycles. The van der Waals surface area contributed by atoms with Crippen LogP contribution in [0.3, 0.4) is 0 Å². The molecule has 3 heterocycles. The number of hydrogen-bond donors (Lipinski definition) is 0. The molecule has 4 rings (SSSR count). The van der Waals surface area contributed by atoms with Gasteiger partial charge in [-0.25, -0.2) is 4.68 Å². The van der Waals surface area contributed by atoms with Crippen molar-refractivity contribution in [2.75, 3.05) is 13.1 Å². The minimum Gasteiger partial charge on any atom is -0.337 e. The molecule has 0 atom stereocenters. The van der Waals surface area contributed by atoms with Crippen LogP contribution in [0.5, 0.6) is 0 Å². The summed E-state index contributed by atoms with van der Waals surface area (Å²) in [5.74, 6) is 1.27. The normalized spacial score (nSPS) is 18.4. The Balaban J connectivity index is 1.40. The summed E-state index contributed by atoms with van der Waals surface area (Å²) in [6, 6.07) is 2.33. The molecule has 0 spiro atoms. The van der Waals surface area contributed by atoms with Crippen LogP contribution >= 0.6 is 0 Å². The molecular weight excluding hydrogens is 340 g/mol. The zero-order valence-electron chi connectivity index (χ0n) is 16.6. The highest BCUT2D eigenvalue weighted by molar-refractivity contribution is 5.92. The Kier molecular flexibility index (Phi) is 5.02. The molecule has 27 heavy (non-hydrogen) atoms. The highest BCUT2D eigenvalue weighted by atomic mass is 16.2. The first-order chi connectivity index (χ1) is 13.0. The quantitative estimate of drug-likeness (QED) is 0.784. The fraction of sp³-hybridized carbons (Fsp3) is 0.700. The first kappa shape index (κ1) is 18.2. The van der Waals surface area contributed by atoms with Crippen LogP contribution in [0.25, 0.3) is 0 Å². The largest absolute Gasteiger partial charge is 0.337 e. The number of likely N-dealkylation sites (tertiary alicyclic amines) is 1. The van der Waals surface area contributed by atoms with Crippen molar-refractivity contribution in [2.45, 2.75) is 71.4 Å². The monoisotopic (exact) mass is 370 g/mol. The summed E-state index contributed by atoms with van der Waals surface area (Å²) < 4.78 is 3.87. The average Bonchev–Trinajstić information content (AvgIpc) is 3.25. The molecule has 146 valence electrons. The van der Waals surface area contributed by atoms with E-state index < -0.39 is 0 Å². The molecule has 0 unspecified atom stereocenters. The Bertz CT molecular complexity index is 795. The van der Waals surface area contributed by atoms with Gasteiger partial charge in [-0.05, 0) is 51.0 Å². The van der Waals surface area contributed by atoms with Crippen molar-refractivity contribution in [1.82, 2.24) is 29.7 Å². The van der Waals surface area contributed by atoms with Gasteiger partial charge in [0.05, 0.1) is 17.4 Å². The van der Waals surface area contributed by atoms with Crippen LogP contribution in [0.4, 0.5) is 0 Å². The van der Waals surface area contributed by atoms with Gasteiger partial charge in [-0.1, -0.05) is 19.1 Å². The van der Waals surface area contributed by atoms with Gasteiger partial charge in [0.15, 0.2) is 0 Å². The van der Waals surface area contributed by atoms with Crippen molar-refractivity contribution >= 4 is 5.91 Å². The summed E-state index contributed by atoms with van der Waals surface area (Å²) in [7, 11) is 0.